The minimum atomic E-state index is -1.40. The number of carbonyl (C=O) groups is 1. The molecule has 0 radical (unpaired) electrons. The quantitative estimate of drug-likeness (QED) is 0.406. The maximum absolute atomic E-state index is 11.6. The van der Waals surface area contributed by atoms with Gasteiger partial charge in [0.25, 0.3) is 0 Å². The van der Waals surface area contributed by atoms with Gasteiger partial charge in [0.1, 0.15) is 8.07 Å². The normalized spacial score (nSPS) is 12.4. The smallest absolute Gasteiger partial charge is 0.205 e. The number of ketones is 1. The van der Waals surface area contributed by atoms with Gasteiger partial charge in [-0.25, -0.2) is 0 Å². The van der Waals surface area contributed by atoms with Crippen molar-refractivity contribution in [3.8, 4) is 11.5 Å². The second kappa shape index (κ2) is 7.50. The lowest BCUT2D eigenvalue weighted by atomic mass is 9.99. The zero-order valence-electron chi connectivity index (χ0n) is 12.2. The predicted octanol–water partition coefficient (Wildman–Crippen LogP) is 4.21. The van der Waals surface area contributed by atoms with Crippen LogP contribution in [0.5, 0.6) is 0 Å². The third kappa shape index (κ3) is 11.5. The Morgan fingerprint density at radius 2 is 1.88 bits per heavy atom. The number of carbonyl (C=O) groups excluding carboxylic acids is 1. The van der Waals surface area contributed by atoms with Crippen LogP contribution in [0, 0.1) is 17.4 Å². The third-order valence-electron chi connectivity index (χ3n) is 2.32. The van der Waals surface area contributed by atoms with E-state index >= 15 is 0 Å². The molecule has 0 bridgehead atoms. The lowest BCUT2D eigenvalue weighted by Crippen LogP contribution is -2.17. The molecule has 1 atom stereocenters. The Morgan fingerprint density at radius 1 is 1.29 bits per heavy atom. The van der Waals surface area contributed by atoms with Gasteiger partial charge in [-0.1, -0.05) is 38.2 Å². The maximum Gasteiger partial charge on any atom is 0.205 e. The zero-order chi connectivity index (χ0) is 13.5. The van der Waals surface area contributed by atoms with Gasteiger partial charge in [0.2, 0.25) is 5.78 Å². The van der Waals surface area contributed by atoms with E-state index in [1.54, 1.807) is 0 Å². The molecule has 0 aliphatic rings. The molecule has 96 valence electrons. The number of hydrogen-bond donors (Lipinski definition) is 0. The van der Waals surface area contributed by atoms with Crippen LogP contribution in [0.1, 0.15) is 40.0 Å². The summed E-state index contributed by atoms with van der Waals surface area (Å²) in [5.74, 6) is 3.36. The number of Topliss-reactive ketones (excluding diaryl/α,β-unsaturated/α-hetero) is 1. The monoisotopic (exact) mass is 250 g/mol. The summed E-state index contributed by atoms with van der Waals surface area (Å²) in [7, 11) is -1.40. The fourth-order valence-electron chi connectivity index (χ4n) is 1.38. The summed E-state index contributed by atoms with van der Waals surface area (Å²) < 4.78 is 0. The maximum atomic E-state index is 11.6. The molecule has 17 heavy (non-hydrogen) atoms. The Hall–Kier alpha value is -0.813. The number of allylic oxidation sites excluding steroid dienone is 2. The van der Waals surface area contributed by atoms with Crippen molar-refractivity contribution in [2.75, 3.05) is 0 Å². The van der Waals surface area contributed by atoms with E-state index in [1.165, 1.54) is 5.57 Å². The highest BCUT2D eigenvalue weighted by Crippen LogP contribution is 2.12. The number of rotatable bonds is 5. The topological polar surface area (TPSA) is 17.1 Å². The van der Waals surface area contributed by atoms with Crippen LogP contribution >= 0.6 is 0 Å². The highest BCUT2D eigenvalue weighted by Gasteiger charge is 2.10. The van der Waals surface area contributed by atoms with Crippen molar-refractivity contribution in [2.45, 2.75) is 59.7 Å². The van der Waals surface area contributed by atoms with Crippen molar-refractivity contribution in [2.24, 2.45) is 5.92 Å². The first-order chi connectivity index (χ1) is 7.70. The van der Waals surface area contributed by atoms with Crippen LogP contribution in [0.4, 0.5) is 0 Å². The summed E-state index contributed by atoms with van der Waals surface area (Å²) in [5, 5.41) is 0. The molecule has 0 rings (SSSR count). The van der Waals surface area contributed by atoms with Crippen LogP contribution in [-0.2, 0) is 4.79 Å². The van der Waals surface area contributed by atoms with Crippen molar-refractivity contribution < 1.29 is 4.79 Å². The van der Waals surface area contributed by atoms with Crippen molar-refractivity contribution in [3.05, 3.63) is 11.6 Å². The van der Waals surface area contributed by atoms with E-state index in [0.29, 0.717) is 12.3 Å². The molecule has 0 amide bonds. The molecule has 0 N–H and O–H groups in total. The molecule has 0 aromatic heterocycles. The highest BCUT2D eigenvalue weighted by atomic mass is 28.3. The van der Waals surface area contributed by atoms with E-state index in [-0.39, 0.29) is 5.78 Å². The summed E-state index contributed by atoms with van der Waals surface area (Å²) in [6, 6.07) is 0. The lowest BCUT2D eigenvalue weighted by Gasteiger charge is -2.07. The van der Waals surface area contributed by atoms with E-state index in [1.807, 2.05) is 0 Å². The van der Waals surface area contributed by atoms with E-state index in [2.05, 4.69) is 58.0 Å². The molecular weight excluding hydrogens is 224 g/mol. The summed E-state index contributed by atoms with van der Waals surface area (Å²) in [5.41, 5.74) is 4.48. The second-order valence-corrected chi connectivity index (χ2v) is 10.8. The Kier molecular flexibility index (Phi) is 7.14. The summed E-state index contributed by atoms with van der Waals surface area (Å²) >= 11 is 0. The van der Waals surface area contributed by atoms with Crippen molar-refractivity contribution in [1.29, 1.82) is 0 Å². The Balaban J connectivity index is 4.04. The highest BCUT2D eigenvalue weighted by molar-refractivity contribution is 6.84. The first kappa shape index (κ1) is 16.2. The molecule has 1 nitrogen and oxygen atoms in total. The molecule has 0 spiro atoms. The van der Waals surface area contributed by atoms with Crippen molar-refractivity contribution >= 4 is 13.9 Å². The summed E-state index contributed by atoms with van der Waals surface area (Å²) in [4.78, 5) is 11.6. The van der Waals surface area contributed by atoms with Gasteiger partial charge in [-0.05, 0) is 38.5 Å². The summed E-state index contributed by atoms with van der Waals surface area (Å²) in [6.45, 7) is 12.8. The standard InChI is InChI=1S/C15H26OSi/c1-13(2)8-7-9-14(3)12-15(16)10-11-17(4,5)6/h8,14H,7,9,12H2,1-6H3/t14-/m0/s1. The molecule has 2 heteroatoms. The average molecular weight is 250 g/mol. The van der Waals surface area contributed by atoms with Crippen LogP contribution in [0.25, 0.3) is 0 Å². The van der Waals surface area contributed by atoms with E-state index in [0.717, 1.165) is 12.8 Å². The molecule has 0 saturated heterocycles. The van der Waals surface area contributed by atoms with Crippen LogP contribution in [0.3, 0.4) is 0 Å². The van der Waals surface area contributed by atoms with Gasteiger partial charge in [0.15, 0.2) is 0 Å². The van der Waals surface area contributed by atoms with Crippen LogP contribution in [-0.4, -0.2) is 13.9 Å². The Morgan fingerprint density at radius 3 is 2.35 bits per heavy atom. The van der Waals surface area contributed by atoms with Crippen molar-refractivity contribution in [1.82, 2.24) is 0 Å². The molecule has 0 aromatic rings. The van der Waals surface area contributed by atoms with Gasteiger partial charge < -0.3 is 0 Å². The summed E-state index contributed by atoms with van der Waals surface area (Å²) in [6.07, 6.45) is 4.98. The molecule has 0 unspecified atom stereocenters. The largest absolute Gasteiger partial charge is 0.285 e. The fraction of sp³-hybridized carbons (Fsp3) is 0.667. The molecule has 0 aromatic carbocycles. The Bertz CT molecular complexity index is 332. The molecular formula is C15H26OSi. The van der Waals surface area contributed by atoms with Crippen LogP contribution in [0.2, 0.25) is 19.6 Å². The minimum absolute atomic E-state index is 0.108. The SMILES string of the molecule is CC(C)=CCC[C@H](C)CC(=O)C#C[Si](C)(C)C. The fourth-order valence-corrected chi connectivity index (χ4v) is 1.90. The number of hydrogen-bond acceptors (Lipinski definition) is 1. The average Bonchev–Trinajstić information content (AvgIpc) is 2.13. The van der Waals surface area contributed by atoms with Gasteiger partial charge in [0, 0.05) is 6.42 Å². The molecule has 0 heterocycles. The zero-order valence-corrected chi connectivity index (χ0v) is 13.2. The lowest BCUT2D eigenvalue weighted by molar-refractivity contribution is -0.114. The van der Waals surface area contributed by atoms with Gasteiger partial charge in [-0.2, -0.15) is 0 Å². The minimum Gasteiger partial charge on any atom is -0.285 e. The molecule has 0 aliphatic heterocycles. The van der Waals surface area contributed by atoms with Gasteiger partial charge in [-0.3, -0.25) is 4.79 Å². The predicted molar refractivity (Wildman–Crippen MR) is 78.6 cm³/mol. The van der Waals surface area contributed by atoms with Gasteiger partial charge in [0.05, 0.1) is 0 Å². The molecule has 0 aliphatic carbocycles. The van der Waals surface area contributed by atoms with Crippen molar-refractivity contribution in [3.63, 3.8) is 0 Å². The van der Waals surface area contributed by atoms with Crippen LogP contribution < -0.4 is 0 Å². The van der Waals surface area contributed by atoms with E-state index in [9.17, 15) is 4.79 Å². The van der Waals surface area contributed by atoms with Gasteiger partial charge >= 0.3 is 0 Å². The second-order valence-electron chi connectivity index (χ2n) is 6.09. The molecule has 0 saturated carbocycles. The molecule has 0 fully saturated rings. The van der Waals surface area contributed by atoms with E-state index in [4.69, 9.17) is 0 Å². The first-order valence-electron chi connectivity index (χ1n) is 6.40. The third-order valence-corrected chi connectivity index (χ3v) is 3.20. The first-order valence-corrected chi connectivity index (χ1v) is 9.90. The van der Waals surface area contributed by atoms with Crippen LogP contribution in [0.15, 0.2) is 11.6 Å². The van der Waals surface area contributed by atoms with Gasteiger partial charge in [-0.15, -0.1) is 5.54 Å². The van der Waals surface area contributed by atoms with E-state index < -0.39 is 8.07 Å². The Labute approximate surface area is 108 Å².